The van der Waals surface area contributed by atoms with Crippen molar-refractivity contribution in [3.05, 3.63) is 29.8 Å². The minimum Gasteiger partial charge on any atom is -0.484 e. The third-order valence-electron chi connectivity index (χ3n) is 3.68. The minimum atomic E-state index is -2.95. The molecule has 0 bridgehead atoms. The van der Waals surface area contributed by atoms with Crippen LogP contribution in [-0.2, 0) is 25.8 Å². The Morgan fingerprint density at radius 3 is 2.48 bits per heavy atom. The maximum absolute atomic E-state index is 11.7. The van der Waals surface area contributed by atoms with Crippen LogP contribution in [0.15, 0.2) is 24.3 Å². The first-order valence-electron chi connectivity index (χ1n) is 7.99. The van der Waals surface area contributed by atoms with Crippen LogP contribution in [0, 0.1) is 0 Å². The van der Waals surface area contributed by atoms with Crippen molar-refractivity contribution < 1.29 is 22.7 Å². The van der Waals surface area contributed by atoms with Crippen molar-refractivity contribution in [3.63, 3.8) is 0 Å². The van der Waals surface area contributed by atoms with E-state index in [9.17, 15) is 18.0 Å². The zero-order chi connectivity index (χ0) is 18.3. The molecule has 2 amide bonds. The highest BCUT2D eigenvalue weighted by Gasteiger charge is 2.28. The number of benzene rings is 1. The molecule has 25 heavy (non-hydrogen) atoms. The molecule has 0 spiro atoms. The van der Waals surface area contributed by atoms with Crippen molar-refractivity contribution >= 4 is 33.4 Å². The van der Waals surface area contributed by atoms with Crippen molar-refractivity contribution in [2.45, 2.75) is 25.0 Å². The van der Waals surface area contributed by atoms with Gasteiger partial charge < -0.3 is 4.74 Å². The molecule has 0 saturated carbocycles. The van der Waals surface area contributed by atoms with E-state index >= 15 is 0 Å². The molecule has 0 unspecified atom stereocenters. The van der Waals surface area contributed by atoms with Crippen molar-refractivity contribution in [1.82, 2.24) is 10.9 Å². The molecule has 1 fully saturated rings. The van der Waals surface area contributed by atoms with E-state index in [0.717, 1.165) is 6.42 Å². The first-order chi connectivity index (χ1) is 11.9. The molecule has 0 aliphatic carbocycles. The maximum atomic E-state index is 11.7. The fraction of sp³-hybridized carbons (Fsp3) is 0.500. The molecule has 2 N–H and O–H groups in total. The van der Waals surface area contributed by atoms with Gasteiger partial charge in [0, 0.05) is 5.25 Å². The Labute approximate surface area is 151 Å². The number of aryl methyl sites for hydroxylation is 1. The summed E-state index contributed by atoms with van der Waals surface area (Å²) in [6, 6.07) is 7.43. The number of sulfone groups is 1. The smallest absolute Gasteiger partial charge is 0.276 e. The molecule has 0 aromatic heterocycles. The molecular weight excluding hydrogens is 364 g/mol. The summed E-state index contributed by atoms with van der Waals surface area (Å²) in [5.41, 5.74) is 5.74. The molecule has 1 aliphatic rings. The highest BCUT2D eigenvalue weighted by molar-refractivity contribution is 8.02. The summed E-state index contributed by atoms with van der Waals surface area (Å²) >= 11 is 1.29. The van der Waals surface area contributed by atoms with E-state index in [-0.39, 0.29) is 35.0 Å². The lowest BCUT2D eigenvalue weighted by atomic mass is 10.2. The van der Waals surface area contributed by atoms with Gasteiger partial charge in [-0.2, -0.15) is 0 Å². The molecule has 7 nitrogen and oxygen atoms in total. The summed E-state index contributed by atoms with van der Waals surface area (Å²) in [6.07, 6.45) is 1.49. The summed E-state index contributed by atoms with van der Waals surface area (Å²) in [5.74, 6) is 0.120. The van der Waals surface area contributed by atoms with E-state index in [1.807, 2.05) is 12.1 Å². The summed E-state index contributed by atoms with van der Waals surface area (Å²) in [4.78, 5) is 23.3. The molecule has 1 aromatic carbocycles. The van der Waals surface area contributed by atoms with Gasteiger partial charge in [0.05, 0.1) is 17.3 Å². The Kier molecular flexibility index (Phi) is 7.12. The Morgan fingerprint density at radius 1 is 1.20 bits per heavy atom. The summed E-state index contributed by atoms with van der Waals surface area (Å²) in [7, 11) is -2.95. The number of hydrazine groups is 1. The highest BCUT2D eigenvalue weighted by atomic mass is 32.2. The zero-order valence-electron chi connectivity index (χ0n) is 14.0. The number of amides is 2. The van der Waals surface area contributed by atoms with Gasteiger partial charge in [-0.1, -0.05) is 19.1 Å². The lowest BCUT2D eigenvalue weighted by molar-refractivity contribution is -0.128. The second-order valence-electron chi connectivity index (χ2n) is 5.72. The average Bonchev–Trinajstić information content (AvgIpc) is 2.95. The van der Waals surface area contributed by atoms with Crippen LogP contribution in [-0.4, -0.2) is 49.3 Å². The molecule has 0 radical (unpaired) electrons. The highest BCUT2D eigenvalue weighted by Crippen LogP contribution is 2.23. The van der Waals surface area contributed by atoms with Crippen LogP contribution in [0.5, 0.6) is 5.75 Å². The maximum Gasteiger partial charge on any atom is 0.276 e. The van der Waals surface area contributed by atoms with Crippen LogP contribution in [0.2, 0.25) is 0 Å². The molecule has 138 valence electrons. The molecule has 2 rings (SSSR count). The summed E-state index contributed by atoms with van der Waals surface area (Å²) in [6.45, 7) is 1.84. The second kappa shape index (κ2) is 9.10. The average molecular weight is 386 g/mol. The van der Waals surface area contributed by atoms with Crippen LogP contribution >= 0.6 is 11.8 Å². The molecule has 1 heterocycles. The normalized spacial score (nSPS) is 18.5. The summed E-state index contributed by atoms with van der Waals surface area (Å²) in [5, 5.41) is -0.0547. The lowest BCUT2D eigenvalue weighted by Gasteiger charge is -2.10. The van der Waals surface area contributed by atoms with Crippen molar-refractivity contribution in [2.24, 2.45) is 0 Å². The Hall–Kier alpha value is -1.74. The number of hydrogen-bond donors (Lipinski definition) is 2. The third-order valence-corrected chi connectivity index (χ3v) is 6.97. The fourth-order valence-electron chi connectivity index (χ4n) is 2.27. The van der Waals surface area contributed by atoms with Gasteiger partial charge >= 0.3 is 0 Å². The van der Waals surface area contributed by atoms with E-state index < -0.39 is 15.7 Å². The summed E-state index contributed by atoms with van der Waals surface area (Å²) < 4.78 is 28.0. The quantitative estimate of drug-likeness (QED) is 0.669. The first-order valence-corrected chi connectivity index (χ1v) is 10.9. The van der Waals surface area contributed by atoms with E-state index in [1.54, 1.807) is 12.1 Å². The SMILES string of the molecule is CCc1ccc(OCC(=O)NNC(=O)CS[C@@H]2CCS(=O)(=O)C2)cc1. The zero-order valence-corrected chi connectivity index (χ0v) is 15.6. The van der Waals surface area contributed by atoms with Gasteiger partial charge in [0.2, 0.25) is 5.91 Å². The van der Waals surface area contributed by atoms with Crippen molar-refractivity contribution in [3.8, 4) is 5.75 Å². The molecule has 1 aromatic rings. The van der Waals surface area contributed by atoms with Crippen LogP contribution in [0.1, 0.15) is 18.9 Å². The molecule has 1 aliphatic heterocycles. The van der Waals surface area contributed by atoms with Crippen LogP contribution < -0.4 is 15.6 Å². The number of ether oxygens (including phenoxy) is 1. The largest absolute Gasteiger partial charge is 0.484 e. The standard InChI is InChI=1S/C16H22N2O5S2/c1-2-12-3-5-13(6-4-12)23-9-15(19)17-18-16(20)10-24-14-7-8-25(21,22)11-14/h3-6,14H,2,7-11H2,1H3,(H,17,19)(H,18,20)/t14-/m1/s1. The van der Waals surface area contributed by atoms with E-state index in [4.69, 9.17) is 4.74 Å². The van der Waals surface area contributed by atoms with Gasteiger partial charge in [0.1, 0.15) is 5.75 Å². The molecular formula is C16H22N2O5S2. The van der Waals surface area contributed by atoms with E-state index in [0.29, 0.717) is 12.2 Å². The number of rotatable bonds is 7. The van der Waals surface area contributed by atoms with Gasteiger partial charge in [0.25, 0.3) is 5.91 Å². The Morgan fingerprint density at radius 2 is 1.88 bits per heavy atom. The Balaban J connectivity index is 1.61. The van der Waals surface area contributed by atoms with Crippen LogP contribution in [0.25, 0.3) is 0 Å². The van der Waals surface area contributed by atoms with Crippen molar-refractivity contribution in [1.29, 1.82) is 0 Å². The second-order valence-corrected chi connectivity index (χ2v) is 9.24. The molecule has 1 saturated heterocycles. The molecule has 1 atom stereocenters. The van der Waals surface area contributed by atoms with Gasteiger partial charge in [-0.15, -0.1) is 11.8 Å². The topological polar surface area (TPSA) is 102 Å². The predicted molar refractivity (Wildman–Crippen MR) is 97.1 cm³/mol. The van der Waals surface area contributed by atoms with Gasteiger partial charge in [-0.05, 0) is 30.5 Å². The number of thioether (sulfide) groups is 1. The van der Waals surface area contributed by atoms with Gasteiger partial charge in [0.15, 0.2) is 16.4 Å². The number of nitrogens with one attached hydrogen (secondary N) is 2. The first kappa shape index (κ1) is 19.6. The van der Waals surface area contributed by atoms with Gasteiger partial charge in [-0.3, -0.25) is 20.4 Å². The fourth-order valence-corrected chi connectivity index (χ4v) is 5.71. The number of hydrogen-bond acceptors (Lipinski definition) is 6. The number of carbonyl (C=O) groups excluding carboxylic acids is 2. The van der Waals surface area contributed by atoms with Crippen LogP contribution in [0.4, 0.5) is 0 Å². The third kappa shape index (κ3) is 6.95. The van der Waals surface area contributed by atoms with Crippen molar-refractivity contribution in [2.75, 3.05) is 23.9 Å². The van der Waals surface area contributed by atoms with Crippen LogP contribution in [0.3, 0.4) is 0 Å². The predicted octanol–water partition coefficient (Wildman–Crippen LogP) is 0.696. The van der Waals surface area contributed by atoms with E-state index in [1.165, 1.54) is 17.3 Å². The minimum absolute atomic E-state index is 0.0547. The monoisotopic (exact) mass is 386 g/mol. The molecule has 9 heteroatoms. The number of carbonyl (C=O) groups is 2. The Bertz CT molecular complexity index is 704. The lowest BCUT2D eigenvalue weighted by Crippen LogP contribution is -2.44. The van der Waals surface area contributed by atoms with E-state index in [2.05, 4.69) is 17.8 Å². The van der Waals surface area contributed by atoms with Gasteiger partial charge in [-0.25, -0.2) is 8.42 Å².